The molecule has 4 aliphatic rings. The second-order valence-electron chi connectivity index (χ2n) is 11.1. The fourth-order valence-corrected chi connectivity index (χ4v) is 6.19. The van der Waals surface area contributed by atoms with Gasteiger partial charge in [-0.3, -0.25) is 15.1 Å². The van der Waals surface area contributed by atoms with Crippen molar-refractivity contribution in [1.82, 2.24) is 9.21 Å². The van der Waals surface area contributed by atoms with E-state index in [0.29, 0.717) is 24.5 Å². The summed E-state index contributed by atoms with van der Waals surface area (Å²) in [5.41, 5.74) is 4.29. The number of para-hydroxylation sites is 4. The highest BCUT2D eigenvalue weighted by atomic mass is 32.2. The zero-order chi connectivity index (χ0) is 29.9. The maximum absolute atomic E-state index is 8.37. The van der Waals surface area contributed by atoms with Crippen molar-refractivity contribution < 1.29 is 14.2 Å². The van der Waals surface area contributed by atoms with Crippen molar-refractivity contribution in [3.05, 3.63) is 48.5 Å². The summed E-state index contributed by atoms with van der Waals surface area (Å²) in [7, 11) is 0. The largest absolute Gasteiger partial charge is 0.378 e. The van der Waals surface area contributed by atoms with E-state index < -0.39 is 0 Å². The van der Waals surface area contributed by atoms with Crippen molar-refractivity contribution in [2.75, 3.05) is 105 Å². The minimum Gasteiger partial charge on any atom is -0.378 e. The third-order valence-corrected chi connectivity index (χ3v) is 9.05. The van der Waals surface area contributed by atoms with E-state index in [1.807, 2.05) is 28.6 Å². The molecular weight excluding hydrogens is 564 g/mol. The molecule has 43 heavy (non-hydrogen) atoms. The molecule has 4 heterocycles. The van der Waals surface area contributed by atoms with Crippen molar-refractivity contribution in [3.63, 3.8) is 0 Å². The highest BCUT2D eigenvalue weighted by Gasteiger charge is 2.21. The van der Waals surface area contributed by atoms with E-state index in [9.17, 15) is 0 Å². The fraction of sp³-hybridized carbons (Fsp3) is 0.548. The highest BCUT2D eigenvalue weighted by Crippen LogP contribution is 2.28. The molecule has 0 aromatic heterocycles. The lowest BCUT2D eigenvalue weighted by Crippen LogP contribution is -2.42. The summed E-state index contributed by atoms with van der Waals surface area (Å²) in [6, 6.07) is 16.4. The van der Waals surface area contributed by atoms with Crippen LogP contribution < -0.4 is 20.4 Å². The lowest BCUT2D eigenvalue weighted by Gasteiger charge is -2.34. The molecule has 4 N–H and O–H groups in total. The number of morpholine rings is 2. The summed E-state index contributed by atoms with van der Waals surface area (Å²) in [5.74, 6) is 2.32. The molecule has 4 aliphatic heterocycles. The Morgan fingerprint density at radius 3 is 1.67 bits per heavy atom. The summed E-state index contributed by atoms with van der Waals surface area (Å²) < 4.78 is 18.1. The number of hydrogen-bond acceptors (Lipinski definition) is 8. The summed E-state index contributed by atoms with van der Waals surface area (Å²) >= 11 is 1.52. The third-order valence-electron chi connectivity index (χ3n) is 8.10. The zero-order valence-corrected chi connectivity index (χ0v) is 26.0. The molecule has 2 aromatic carbocycles. The number of anilines is 4. The van der Waals surface area contributed by atoms with Crippen LogP contribution >= 0.6 is 11.9 Å². The van der Waals surface area contributed by atoms with E-state index in [1.54, 1.807) is 0 Å². The van der Waals surface area contributed by atoms with Gasteiger partial charge in [0.1, 0.15) is 5.94 Å². The first kappa shape index (κ1) is 31.2. The molecule has 2 aromatic rings. The van der Waals surface area contributed by atoms with Crippen LogP contribution in [0.1, 0.15) is 19.8 Å². The molecule has 0 aliphatic carbocycles. The van der Waals surface area contributed by atoms with Gasteiger partial charge in [0.25, 0.3) is 0 Å². The third kappa shape index (κ3) is 8.91. The Balaban J connectivity index is 0.000000171. The fourth-order valence-electron chi connectivity index (χ4n) is 5.50. The van der Waals surface area contributed by atoms with Crippen LogP contribution in [0.15, 0.2) is 48.5 Å². The first-order chi connectivity index (χ1) is 21.1. The number of hydrogen-bond donors (Lipinski definition) is 4. The van der Waals surface area contributed by atoms with E-state index in [-0.39, 0.29) is 0 Å². The molecule has 0 unspecified atom stereocenters. The molecule has 11 nitrogen and oxygen atoms in total. The minimum atomic E-state index is 0.406. The number of ether oxygens (including phenoxy) is 3. The smallest absolute Gasteiger partial charge is 0.206 e. The van der Waals surface area contributed by atoms with Gasteiger partial charge in [0, 0.05) is 39.3 Å². The Kier molecular flexibility index (Phi) is 11.7. The molecule has 4 fully saturated rings. The topological polar surface area (TPSA) is 112 Å². The van der Waals surface area contributed by atoms with Gasteiger partial charge in [-0.1, -0.05) is 31.2 Å². The molecule has 4 saturated heterocycles. The van der Waals surface area contributed by atoms with Crippen molar-refractivity contribution in [3.8, 4) is 0 Å². The monoisotopic (exact) mass is 610 g/mol. The minimum absolute atomic E-state index is 0.406. The molecule has 0 amide bonds. The van der Waals surface area contributed by atoms with Crippen LogP contribution in [0, 0.1) is 16.7 Å². The van der Waals surface area contributed by atoms with Crippen molar-refractivity contribution >= 4 is 46.6 Å². The van der Waals surface area contributed by atoms with Gasteiger partial charge in [0.05, 0.1) is 62.3 Å². The van der Waals surface area contributed by atoms with Gasteiger partial charge in [0.2, 0.25) is 5.96 Å². The number of nitrogens with one attached hydrogen (secondary N) is 4. The first-order valence-corrected chi connectivity index (χ1v) is 16.3. The zero-order valence-electron chi connectivity index (χ0n) is 25.2. The molecule has 0 atom stereocenters. The highest BCUT2D eigenvalue weighted by molar-refractivity contribution is 7.97. The van der Waals surface area contributed by atoms with Crippen LogP contribution in [0.4, 0.5) is 22.7 Å². The Bertz CT molecular complexity index is 1180. The summed E-state index contributed by atoms with van der Waals surface area (Å²) in [6.07, 6.45) is 2.35. The SMILES string of the molecule is CC1CCN(C(=N)Nc2ccccc2N2CCOCC2)CC1.N=C(Nc1ccccc1N1CCOCC1)N1CCOCS1. The summed E-state index contributed by atoms with van der Waals surface area (Å²) in [4.78, 5) is 6.78. The van der Waals surface area contributed by atoms with Gasteiger partial charge in [0.15, 0.2) is 5.96 Å². The van der Waals surface area contributed by atoms with E-state index >= 15 is 0 Å². The normalized spacial score (nSPS) is 19.7. The summed E-state index contributed by atoms with van der Waals surface area (Å²) in [6.45, 7) is 12.3. The predicted octanol–water partition coefficient (Wildman–Crippen LogP) is 4.41. The number of likely N-dealkylation sites (tertiary alicyclic amines) is 1. The quantitative estimate of drug-likeness (QED) is 0.226. The second-order valence-corrected chi connectivity index (χ2v) is 12.0. The molecule has 0 bridgehead atoms. The van der Waals surface area contributed by atoms with E-state index in [0.717, 1.165) is 95.2 Å². The number of rotatable bonds is 4. The lowest BCUT2D eigenvalue weighted by molar-refractivity contribution is 0.122. The number of nitrogens with zero attached hydrogens (tertiary/aromatic N) is 4. The predicted molar refractivity (Wildman–Crippen MR) is 177 cm³/mol. The molecule has 6 rings (SSSR count). The molecule has 12 heteroatoms. The van der Waals surface area contributed by atoms with Gasteiger partial charge in [-0.2, -0.15) is 0 Å². The number of piperidine rings is 1. The van der Waals surface area contributed by atoms with Crippen molar-refractivity contribution in [1.29, 1.82) is 10.8 Å². The Morgan fingerprint density at radius 1 is 0.674 bits per heavy atom. The van der Waals surface area contributed by atoms with Gasteiger partial charge in [-0.05, 0) is 55.0 Å². The van der Waals surface area contributed by atoms with Crippen LogP contribution in [0.5, 0.6) is 0 Å². The van der Waals surface area contributed by atoms with E-state index in [1.165, 1.54) is 30.5 Å². The van der Waals surface area contributed by atoms with Gasteiger partial charge in [-0.25, -0.2) is 0 Å². The van der Waals surface area contributed by atoms with Crippen LogP contribution in [0.3, 0.4) is 0 Å². The Hall–Kier alpha value is -3.19. The molecule has 234 valence electrons. The standard InChI is InChI=1S/C17H26N4O.C14H20N4O2S/c1-14-6-8-21(9-7-14)17(18)19-15-4-2-3-5-16(15)20-10-12-22-13-11-20;15-14(18-7-10-20-11-21-18)16-12-3-1-2-4-13(12)17-5-8-19-9-6-17/h2-5,14H,6-13H2,1H3,(H2,18,19);1-4H,5-11H2,(H2,15,16). The van der Waals surface area contributed by atoms with Crippen molar-refractivity contribution in [2.24, 2.45) is 5.92 Å². The average Bonchev–Trinajstić information content (AvgIpc) is 3.07. The Labute approximate surface area is 260 Å². The van der Waals surface area contributed by atoms with E-state index in [2.05, 4.69) is 56.5 Å². The van der Waals surface area contributed by atoms with Crippen LogP contribution in [0.25, 0.3) is 0 Å². The molecule has 0 radical (unpaired) electrons. The summed E-state index contributed by atoms with van der Waals surface area (Å²) in [5, 5.41) is 23.1. The molecular formula is C31H46N8O3S. The van der Waals surface area contributed by atoms with Crippen LogP contribution in [-0.2, 0) is 14.2 Å². The van der Waals surface area contributed by atoms with Gasteiger partial charge in [-0.15, -0.1) is 0 Å². The van der Waals surface area contributed by atoms with E-state index in [4.69, 9.17) is 25.0 Å². The molecule has 0 saturated carbocycles. The average molecular weight is 611 g/mol. The second kappa shape index (κ2) is 16.0. The number of guanidine groups is 2. The first-order valence-electron chi connectivity index (χ1n) is 15.4. The van der Waals surface area contributed by atoms with Crippen LogP contribution in [-0.4, -0.2) is 106 Å². The maximum Gasteiger partial charge on any atom is 0.206 e. The van der Waals surface area contributed by atoms with Gasteiger partial charge < -0.3 is 39.5 Å². The lowest BCUT2D eigenvalue weighted by atomic mass is 10.00. The van der Waals surface area contributed by atoms with Crippen LogP contribution in [0.2, 0.25) is 0 Å². The number of benzene rings is 2. The van der Waals surface area contributed by atoms with Gasteiger partial charge >= 0.3 is 0 Å². The molecule has 0 spiro atoms. The van der Waals surface area contributed by atoms with Crippen molar-refractivity contribution in [2.45, 2.75) is 19.8 Å². The Morgan fingerprint density at radius 2 is 1.16 bits per heavy atom. The maximum atomic E-state index is 8.37.